The maximum atomic E-state index is 13.3. The van der Waals surface area contributed by atoms with E-state index in [1.54, 1.807) is 0 Å². The summed E-state index contributed by atoms with van der Waals surface area (Å²) in [5, 5.41) is 10.9. The minimum atomic E-state index is -0.671. The summed E-state index contributed by atoms with van der Waals surface area (Å²) in [7, 11) is 0. The average molecular weight is 287 g/mol. The molecular weight excluding hydrogens is 273 g/mol. The van der Waals surface area contributed by atoms with E-state index in [2.05, 4.69) is 0 Å². The predicted molar refractivity (Wildman–Crippen MR) is 77.0 cm³/mol. The van der Waals surface area contributed by atoms with Gasteiger partial charge in [0.05, 0.1) is 10.5 Å². The van der Waals surface area contributed by atoms with Gasteiger partial charge in [-0.2, -0.15) is 0 Å². The third kappa shape index (κ3) is 3.31. The highest BCUT2D eigenvalue weighted by atomic mass is 19.1. The van der Waals surface area contributed by atoms with Crippen molar-refractivity contribution in [3.05, 3.63) is 74.6 Å². The van der Waals surface area contributed by atoms with Crippen LogP contribution in [-0.4, -0.2) is 10.7 Å². The molecule has 0 aliphatic rings. The van der Waals surface area contributed by atoms with E-state index in [1.807, 2.05) is 32.0 Å². The number of ketones is 1. The van der Waals surface area contributed by atoms with Gasteiger partial charge in [0.15, 0.2) is 5.78 Å². The molecule has 0 atom stereocenters. The molecule has 0 fully saturated rings. The molecule has 0 aliphatic carbocycles. The van der Waals surface area contributed by atoms with Gasteiger partial charge >= 0.3 is 0 Å². The molecule has 0 N–H and O–H groups in total. The van der Waals surface area contributed by atoms with Crippen LogP contribution in [0.5, 0.6) is 0 Å². The molecule has 108 valence electrons. The Morgan fingerprint density at radius 2 is 1.90 bits per heavy atom. The molecule has 0 amide bonds. The van der Waals surface area contributed by atoms with E-state index in [-0.39, 0.29) is 17.7 Å². The van der Waals surface area contributed by atoms with E-state index >= 15 is 0 Å². The summed E-state index contributed by atoms with van der Waals surface area (Å²) < 4.78 is 13.3. The molecule has 21 heavy (non-hydrogen) atoms. The highest BCUT2D eigenvalue weighted by Gasteiger charge is 2.21. The zero-order chi connectivity index (χ0) is 15.6. The van der Waals surface area contributed by atoms with Crippen molar-refractivity contribution in [2.45, 2.75) is 20.3 Å². The molecule has 0 heterocycles. The second-order valence-electron chi connectivity index (χ2n) is 4.95. The predicted octanol–water partition coefficient (Wildman–Crippen LogP) is 3.78. The summed E-state index contributed by atoms with van der Waals surface area (Å²) in [6.07, 6.45) is 0.0117. The van der Waals surface area contributed by atoms with Crippen LogP contribution in [-0.2, 0) is 6.42 Å². The molecule has 0 spiro atoms. The molecule has 0 radical (unpaired) electrons. The maximum Gasteiger partial charge on any atom is 0.280 e. The minimum absolute atomic E-state index is 0.0117. The number of halogens is 1. The van der Waals surface area contributed by atoms with Gasteiger partial charge < -0.3 is 0 Å². The zero-order valence-electron chi connectivity index (χ0n) is 11.7. The van der Waals surface area contributed by atoms with Crippen LogP contribution in [0.1, 0.15) is 27.0 Å². The van der Waals surface area contributed by atoms with Crippen LogP contribution >= 0.6 is 0 Å². The Morgan fingerprint density at radius 3 is 2.57 bits per heavy atom. The third-order valence-corrected chi connectivity index (χ3v) is 3.31. The van der Waals surface area contributed by atoms with Crippen molar-refractivity contribution in [2.24, 2.45) is 0 Å². The molecule has 2 rings (SSSR count). The Balaban J connectivity index is 2.39. The first-order valence-corrected chi connectivity index (χ1v) is 6.42. The van der Waals surface area contributed by atoms with Crippen molar-refractivity contribution in [1.82, 2.24) is 0 Å². The number of hydrogen-bond donors (Lipinski definition) is 0. The number of rotatable bonds is 4. The summed E-state index contributed by atoms with van der Waals surface area (Å²) in [4.78, 5) is 22.6. The van der Waals surface area contributed by atoms with Gasteiger partial charge in [0.25, 0.3) is 5.69 Å². The van der Waals surface area contributed by atoms with Crippen LogP contribution in [0, 0.1) is 29.8 Å². The maximum absolute atomic E-state index is 13.3. The fourth-order valence-corrected chi connectivity index (χ4v) is 2.15. The molecule has 0 saturated carbocycles. The second kappa shape index (κ2) is 5.83. The van der Waals surface area contributed by atoms with Gasteiger partial charge in [0, 0.05) is 12.5 Å². The molecular formula is C16H14FNO3. The first-order valence-electron chi connectivity index (χ1n) is 6.42. The van der Waals surface area contributed by atoms with Gasteiger partial charge in [0.2, 0.25) is 0 Å². The largest absolute Gasteiger partial charge is 0.294 e. The number of carbonyl (C=O) groups is 1. The van der Waals surface area contributed by atoms with Crippen molar-refractivity contribution in [2.75, 3.05) is 0 Å². The molecule has 5 heteroatoms. The lowest BCUT2D eigenvalue weighted by Crippen LogP contribution is -2.08. The van der Waals surface area contributed by atoms with E-state index in [0.29, 0.717) is 0 Å². The number of aryl methyl sites for hydroxylation is 2. The average Bonchev–Trinajstić information content (AvgIpc) is 2.42. The Labute approximate surface area is 121 Å². The van der Waals surface area contributed by atoms with Crippen molar-refractivity contribution in [1.29, 1.82) is 0 Å². The number of nitro benzene ring substituents is 1. The van der Waals surface area contributed by atoms with Crippen LogP contribution in [0.3, 0.4) is 0 Å². The van der Waals surface area contributed by atoms with Crippen molar-refractivity contribution < 1.29 is 14.1 Å². The molecule has 4 nitrogen and oxygen atoms in total. The first-order chi connectivity index (χ1) is 9.88. The van der Waals surface area contributed by atoms with Gasteiger partial charge in [0.1, 0.15) is 5.82 Å². The molecule has 0 aliphatic heterocycles. The lowest BCUT2D eigenvalue weighted by Gasteiger charge is -2.07. The smallest absolute Gasteiger partial charge is 0.280 e. The summed E-state index contributed by atoms with van der Waals surface area (Å²) in [5.74, 6) is -1.13. The molecule has 2 aromatic carbocycles. The number of benzene rings is 2. The molecule has 0 aromatic heterocycles. The van der Waals surface area contributed by atoms with E-state index < -0.39 is 16.5 Å². The monoisotopic (exact) mass is 287 g/mol. The highest BCUT2D eigenvalue weighted by molar-refractivity contribution is 6.01. The van der Waals surface area contributed by atoms with Crippen molar-refractivity contribution in [3.63, 3.8) is 0 Å². The zero-order valence-corrected chi connectivity index (χ0v) is 11.7. The fraction of sp³-hybridized carbons (Fsp3) is 0.188. The van der Waals surface area contributed by atoms with Crippen LogP contribution < -0.4 is 0 Å². The number of nitrogens with zero attached hydrogens (tertiary/aromatic N) is 1. The summed E-state index contributed by atoms with van der Waals surface area (Å²) in [6.45, 7) is 3.76. The van der Waals surface area contributed by atoms with Crippen molar-refractivity contribution >= 4 is 11.5 Å². The Morgan fingerprint density at radius 1 is 1.19 bits per heavy atom. The van der Waals surface area contributed by atoms with Gasteiger partial charge in [-0.25, -0.2) is 4.39 Å². The van der Waals surface area contributed by atoms with Crippen LogP contribution in [0.25, 0.3) is 0 Å². The van der Waals surface area contributed by atoms with Crippen LogP contribution in [0.4, 0.5) is 10.1 Å². The third-order valence-electron chi connectivity index (χ3n) is 3.31. The highest BCUT2D eigenvalue weighted by Crippen LogP contribution is 2.22. The molecule has 0 bridgehead atoms. The quantitative estimate of drug-likeness (QED) is 0.488. The second-order valence-corrected chi connectivity index (χ2v) is 4.95. The molecule has 2 aromatic rings. The van der Waals surface area contributed by atoms with Crippen molar-refractivity contribution in [3.8, 4) is 0 Å². The minimum Gasteiger partial charge on any atom is -0.294 e. The Kier molecular flexibility index (Phi) is 4.12. The van der Waals surface area contributed by atoms with Gasteiger partial charge in [-0.3, -0.25) is 14.9 Å². The first kappa shape index (κ1) is 14.8. The number of nitro groups is 1. The number of hydrogen-bond acceptors (Lipinski definition) is 3. The molecule has 0 saturated heterocycles. The van der Waals surface area contributed by atoms with E-state index in [4.69, 9.17) is 0 Å². The van der Waals surface area contributed by atoms with Gasteiger partial charge in [-0.1, -0.05) is 23.8 Å². The van der Waals surface area contributed by atoms with Gasteiger partial charge in [-0.15, -0.1) is 0 Å². The van der Waals surface area contributed by atoms with E-state index in [1.165, 1.54) is 0 Å². The van der Waals surface area contributed by atoms with Crippen LogP contribution in [0.15, 0.2) is 36.4 Å². The van der Waals surface area contributed by atoms with Gasteiger partial charge in [-0.05, 0) is 37.1 Å². The van der Waals surface area contributed by atoms with E-state index in [9.17, 15) is 19.3 Å². The Bertz CT molecular complexity index is 725. The summed E-state index contributed by atoms with van der Waals surface area (Å²) in [5.41, 5.74) is 2.15. The standard InChI is InChI=1S/C16H14FNO3/c1-10-3-4-11(2)12(7-10)8-16(19)14-9-13(17)5-6-15(14)18(20)21/h3-7,9H,8H2,1-2H3. The number of Topliss-reactive ketones (excluding diaryl/α,β-unsaturated/α-hetero) is 1. The fourth-order valence-electron chi connectivity index (χ4n) is 2.15. The van der Waals surface area contributed by atoms with E-state index in [0.717, 1.165) is 34.9 Å². The summed E-state index contributed by atoms with van der Waals surface area (Å²) >= 11 is 0. The van der Waals surface area contributed by atoms with Crippen LogP contribution in [0.2, 0.25) is 0 Å². The SMILES string of the molecule is Cc1ccc(C)c(CC(=O)c2cc(F)ccc2[N+](=O)[O-])c1. The number of carbonyl (C=O) groups excluding carboxylic acids is 1. The Hall–Kier alpha value is -2.56. The lowest BCUT2D eigenvalue weighted by atomic mass is 9.97. The topological polar surface area (TPSA) is 60.2 Å². The summed E-state index contributed by atoms with van der Waals surface area (Å²) in [6, 6.07) is 8.59. The lowest BCUT2D eigenvalue weighted by molar-refractivity contribution is -0.385. The normalized spacial score (nSPS) is 10.4. The molecule has 0 unspecified atom stereocenters.